The first-order valence-electron chi connectivity index (χ1n) is 8.35. The summed E-state index contributed by atoms with van der Waals surface area (Å²) >= 11 is 0. The SMILES string of the molecule is CCN(CC)S(=O)(=O)c1ccc(NCc2cccnc2OC)c([N+](=O)[O-])c1. The Labute approximate surface area is 158 Å². The Bertz CT molecular complexity index is 913. The van der Waals surface area contributed by atoms with E-state index in [0.717, 1.165) is 6.07 Å². The van der Waals surface area contributed by atoms with Crippen molar-refractivity contribution >= 4 is 21.4 Å². The van der Waals surface area contributed by atoms with Gasteiger partial charge in [0.1, 0.15) is 5.69 Å². The van der Waals surface area contributed by atoms with Crippen molar-refractivity contribution in [3.63, 3.8) is 0 Å². The highest BCUT2D eigenvalue weighted by Crippen LogP contribution is 2.30. The van der Waals surface area contributed by atoms with Gasteiger partial charge in [0.05, 0.1) is 16.9 Å². The predicted molar refractivity (Wildman–Crippen MR) is 101 cm³/mol. The number of benzene rings is 1. The van der Waals surface area contributed by atoms with Gasteiger partial charge in [0.15, 0.2) is 0 Å². The van der Waals surface area contributed by atoms with Gasteiger partial charge in [0, 0.05) is 37.5 Å². The molecule has 0 amide bonds. The molecular weight excluding hydrogens is 372 g/mol. The standard InChI is InChI=1S/C17H22N4O5S/c1-4-20(5-2)27(24,25)14-8-9-15(16(11-14)21(22)23)19-12-13-7-6-10-18-17(13)26-3/h6-11,19H,4-5,12H2,1-3H3. The van der Waals surface area contributed by atoms with Gasteiger partial charge in [0.2, 0.25) is 15.9 Å². The minimum absolute atomic E-state index is 0.109. The fourth-order valence-corrected chi connectivity index (χ4v) is 4.10. The van der Waals surface area contributed by atoms with Crippen molar-refractivity contribution in [2.45, 2.75) is 25.3 Å². The van der Waals surface area contributed by atoms with Gasteiger partial charge in [0.25, 0.3) is 5.69 Å². The Morgan fingerprint density at radius 1 is 1.26 bits per heavy atom. The van der Waals surface area contributed by atoms with E-state index in [1.165, 1.54) is 23.5 Å². The van der Waals surface area contributed by atoms with Gasteiger partial charge < -0.3 is 10.1 Å². The molecule has 0 aliphatic carbocycles. The molecule has 0 saturated heterocycles. The summed E-state index contributed by atoms with van der Waals surface area (Å²) in [5.41, 5.74) is 0.615. The van der Waals surface area contributed by atoms with Crippen molar-refractivity contribution in [3.05, 3.63) is 52.2 Å². The molecule has 0 aliphatic heterocycles. The molecule has 0 saturated carbocycles. The molecule has 0 unspecified atom stereocenters. The average molecular weight is 394 g/mol. The van der Waals surface area contributed by atoms with Crippen molar-refractivity contribution in [3.8, 4) is 5.88 Å². The molecule has 1 aromatic carbocycles. The van der Waals surface area contributed by atoms with Crippen LogP contribution in [0.2, 0.25) is 0 Å². The number of aromatic nitrogens is 1. The van der Waals surface area contributed by atoms with E-state index < -0.39 is 14.9 Å². The number of hydrogen-bond donors (Lipinski definition) is 1. The average Bonchev–Trinajstić information content (AvgIpc) is 2.67. The lowest BCUT2D eigenvalue weighted by atomic mass is 10.2. The Morgan fingerprint density at radius 2 is 1.96 bits per heavy atom. The van der Waals surface area contributed by atoms with Crippen molar-refractivity contribution in [2.24, 2.45) is 0 Å². The fraction of sp³-hybridized carbons (Fsp3) is 0.353. The summed E-state index contributed by atoms with van der Waals surface area (Å²) in [5, 5.41) is 14.4. The Balaban J connectivity index is 2.35. The monoisotopic (exact) mass is 394 g/mol. The van der Waals surface area contributed by atoms with E-state index in [0.29, 0.717) is 11.4 Å². The normalized spacial score (nSPS) is 11.4. The second-order valence-electron chi connectivity index (χ2n) is 5.55. The number of anilines is 1. The third-order valence-electron chi connectivity index (χ3n) is 4.02. The summed E-state index contributed by atoms with van der Waals surface area (Å²) in [6.45, 7) is 4.24. The Kier molecular flexibility index (Phi) is 6.70. The number of nitro groups is 1. The molecule has 2 aromatic rings. The number of rotatable bonds is 9. The largest absolute Gasteiger partial charge is 0.481 e. The van der Waals surface area contributed by atoms with Gasteiger partial charge in [-0.3, -0.25) is 10.1 Å². The molecule has 0 fully saturated rings. The first-order valence-corrected chi connectivity index (χ1v) is 9.79. The van der Waals surface area contributed by atoms with Crippen LogP contribution in [0, 0.1) is 10.1 Å². The van der Waals surface area contributed by atoms with E-state index in [-0.39, 0.29) is 35.9 Å². The molecule has 0 spiro atoms. The van der Waals surface area contributed by atoms with Crippen LogP contribution in [-0.4, -0.2) is 42.8 Å². The van der Waals surface area contributed by atoms with Gasteiger partial charge in [-0.1, -0.05) is 19.9 Å². The topological polar surface area (TPSA) is 115 Å². The minimum atomic E-state index is -3.78. The Morgan fingerprint density at radius 3 is 2.56 bits per heavy atom. The second kappa shape index (κ2) is 8.78. The number of nitro benzene ring substituents is 1. The predicted octanol–water partition coefficient (Wildman–Crippen LogP) is 2.64. The molecule has 2 rings (SSSR count). The number of ether oxygens (including phenoxy) is 1. The molecule has 0 atom stereocenters. The summed E-state index contributed by atoms with van der Waals surface area (Å²) < 4.78 is 31.6. The lowest BCUT2D eigenvalue weighted by Gasteiger charge is -2.18. The van der Waals surface area contributed by atoms with Gasteiger partial charge in [-0.25, -0.2) is 13.4 Å². The van der Waals surface area contributed by atoms with Gasteiger partial charge in [-0.2, -0.15) is 4.31 Å². The molecule has 9 nitrogen and oxygen atoms in total. The number of pyridine rings is 1. The van der Waals surface area contributed by atoms with Gasteiger partial charge >= 0.3 is 0 Å². The number of nitrogens with one attached hydrogen (secondary N) is 1. The number of sulfonamides is 1. The molecule has 27 heavy (non-hydrogen) atoms. The van der Waals surface area contributed by atoms with E-state index in [1.807, 2.05) is 0 Å². The molecule has 1 aromatic heterocycles. The molecule has 1 heterocycles. The lowest BCUT2D eigenvalue weighted by molar-refractivity contribution is -0.384. The molecule has 0 aliphatic rings. The van der Waals surface area contributed by atoms with E-state index in [1.54, 1.807) is 32.2 Å². The molecule has 0 bridgehead atoms. The summed E-state index contributed by atoms with van der Waals surface area (Å²) in [4.78, 5) is 14.8. The maximum atomic E-state index is 12.6. The summed E-state index contributed by atoms with van der Waals surface area (Å²) in [5.74, 6) is 0.411. The van der Waals surface area contributed by atoms with Crippen LogP contribution in [-0.2, 0) is 16.6 Å². The van der Waals surface area contributed by atoms with E-state index in [4.69, 9.17) is 4.74 Å². The summed E-state index contributed by atoms with van der Waals surface area (Å²) in [7, 11) is -2.29. The second-order valence-corrected chi connectivity index (χ2v) is 7.49. The highest BCUT2D eigenvalue weighted by Gasteiger charge is 2.25. The zero-order chi connectivity index (χ0) is 20.0. The van der Waals surface area contributed by atoms with Crippen molar-refractivity contribution in [1.82, 2.24) is 9.29 Å². The Hall–Kier alpha value is -2.72. The van der Waals surface area contributed by atoms with Crippen LogP contribution < -0.4 is 10.1 Å². The molecule has 10 heteroatoms. The lowest BCUT2D eigenvalue weighted by Crippen LogP contribution is -2.30. The quantitative estimate of drug-likeness (QED) is 0.513. The maximum absolute atomic E-state index is 12.6. The third-order valence-corrected chi connectivity index (χ3v) is 6.07. The number of methoxy groups -OCH3 is 1. The number of nitrogens with zero attached hydrogens (tertiary/aromatic N) is 3. The highest BCUT2D eigenvalue weighted by molar-refractivity contribution is 7.89. The molecule has 1 N–H and O–H groups in total. The van der Waals surface area contributed by atoms with Crippen molar-refractivity contribution in [2.75, 3.05) is 25.5 Å². The van der Waals surface area contributed by atoms with E-state index in [9.17, 15) is 18.5 Å². The fourth-order valence-electron chi connectivity index (χ4n) is 2.62. The van der Waals surface area contributed by atoms with Gasteiger partial charge in [-0.05, 0) is 18.2 Å². The van der Waals surface area contributed by atoms with Crippen LogP contribution >= 0.6 is 0 Å². The van der Waals surface area contributed by atoms with Crippen molar-refractivity contribution < 1.29 is 18.1 Å². The first kappa shape index (κ1) is 20.6. The molecule has 146 valence electrons. The van der Waals surface area contributed by atoms with Crippen LogP contribution in [0.15, 0.2) is 41.4 Å². The van der Waals surface area contributed by atoms with Crippen LogP contribution in [0.1, 0.15) is 19.4 Å². The zero-order valence-corrected chi connectivity index (χ0v) is 16.2. The highest BCUT2D eigenvalue weighted by atomic mass is 32.2. The summed E-state index contributed by atoms with van der Waals surface area (Å²) in [6, 6.07) is 7.36. The summed E-state index contributed by atoms with van der Waals surface area (Å²) in [6.07, 6.45) is 1.58. The minimum Gasteiger partial charge on any atom is -0.481 e. The smallest absolute Gasteiger partial charge is 0.293 e. The third kappa shape index (κ3) is 4.52. The maximum Gasteiger partial charge on any atom is 0.293 e. The van der Waals surface area contributed by atoms with Crippen LogP contribution in [0.5, 0.6) is 5.88 Å². The van der Waals surface area contributed by atoms with Crippen LogP contribution in [0.4, 0.5) is 11.4 Å². The van der Waals surface area contributed by atoms with E-state index in [2.05, 4.69) is 10.3 Å². The zero-order valence-electron chi connectivity index (χ0n) is 15.4. The van der Waals surface area contributed by atoms with Crippen molar-refractivity contribution in [1.29, 1.82) is 0 Å². The van der Waals surface area contributed by atoms with Crippen LogP contribution in [0.25, 0.3) is 0 Å². The molecular formula is C17H22N4O5S. The number of hydrogen-bond acceptors (Lipinski definition) is 7. The molecule has 0 radical (unpaired) electrons. The first-order chi connectivity index (χ1) is 12.8. The van der Waals surface area contributed by atoms with Gasteiger partial charge in [-0.15, -0.1) is 0 Å². The van der Waals surface area contributed by atoms with E-state index >= 15 is 0 Å². The van der Waals surface area contributed by atoms with Crippen LogP contribution in [0.3, 0.4) is 0 Å².